The number of benzene rings is 3. The van der Waals surface area contributed by atoms with Crippen LogP contribution in [0.2, 0.25) is 0 Å². The second-order valence-corrected chi connectivity index (χ2v) is 10.1. The van der Waals surface area contributed by atoms with Crippen molar-refractivity contribution in [1.29, 1.82) is 0 Å². The van der Waals surface area contributed by atoms with Crippen LogP contribution in [0, 0.1) is 0 Å². The molecule has 1 aliphatic rings. The van der Waals surface area contributed by atoms with E-state index in [2.05, 4.69) is 15.0 Å². The van der Waals surface area contributed by atoms with Crippen molar-refractivity contribution in [2.45, 2.75) is 12.8 Å². The largest absolute Gasteiger partial charge is 0.497 e. The molecule has 2 amide bonds. The molecule has 3 heterocycles. The normalized spacial score (nSPS) is 12.6. The van der Waals surface area contributed by atoms with E-state index in [9.17, 15) is 9.59 Å². The lowest BCUT2D eigenvalue weighted by Gasteiger charge is -2.26. The summed E-state index contributed by atoms with van der Waals surface area (Å²) in [7, 11) is 5.11. The Morgan fingerprint density at radius 3 is 2.17 bits per heavy atom. The SMILES string of the molecule is COc1cc(OC)cc(N(CCCCN2C(=O)c3ccccc3C2=O)c2ccc3ncc(-c4cnn(C)c4)nc3c2)c1. The molecule has 0 bridgehead atoms. The van der Waals surface area contributed by atoms with E-state index in [1.54, 1.807) is 55.6 Å². The van der Waals surface area contributed by atoms with Gasteiger partial charge in [-0.25, -0.2) is 4.98 Å². The molecule has 6 rings (SSSR count). The monoisotopic (exact) mass is 562 g/mol. The summed E-state index contributed by atoms with van der Waals surface area (Å²) in [4.78, 5) is 38.6. The van der Waals surface area contributed by atoms with E-state index in [1.165, 1.54) is 4.90 Å². The van der Waals surface area contributed by atoms with Crippen molar-refractivity contribution in [2.24, 2.45) is 7.05 Å². The van der Waals surface area contributed by atoms with E-state index in [4.69, 9.17) is 14.5 Å². The van der Waals surface area contributed by atoms with Crippen LogP contribution in [0.3, 0.4) is 0 Å². The average Bonchev–Trinajstić information content (AvgIpc) is 3.56. The maximum atomic E-state index is 12.8. The molecule has 5 aromatic rings. The fourth-order valence-corrected chi connectivity index (χ4v) is 5.20. The minimum atomic E-state index is -0.234. The summed E-state index contributed by atoms with van der Waals surface area (Å²) in [5.41, 5.74) is 5.88. The van der Waals surface area contributed by atoms with E-state index in [1.807, 2.05) is 49.6 Å². The summed E-state index contributed by atoms with van der Waals surface area (Å²) < 4.78 is 12.8. The van der Waals surface area contributed by atoms with E-state index >= 15 is 0 Å². The lowest BCUT2D eigenvalue weighted by Crippen LogP contribution is -2.31. The van der Waals surface area contributed by atoms with E-state index in [-0.39, 0.29) is 11.8 Å². The van der Waals surface area contributed by atoms with Gasteiger partial charge in [0.2, 0.25) is 0 Å². The van der Waals surface area contributed by atoms with Gasteiger partial charge in [0.15, 0.2) is 0 Å². The molecular weight excluding hydrogens is 532 g/mol. The van der Waals surface area contributed by atoms with Gasteiger partial charge in [0, 0.05) is 61.5 Å². The topological polar surface area (TPSA) is 103 Å². The maximum absolute atomic E-state index is 12.8. The second-order valence-electron chi connectivity index (χ2n) is 10.1. The number of unbranched alkanes of at least 4 members (excludes halogenated alkanes) is 1. The maximum Gasteiger partial charge on any atom is 0.261 e. The minimum Gasteiger partial charge on any atom is -0.497 e. The second kappa shape index (κ2) is 11.3. The number of carbonyl (C=O) groups excluding carboxylic acids is 2. The highest BCUT2D eigenvalue weighted by Crippen LogP contribution is 2.34. The van der Waals surface area contributed by atoms with Crippen LogP contribution >= 0.6 is 0 Å². The molecule has 212 valence electrons. The van der Waals surface area contributed by atoms with E-state index in [0.717, 1.165) is 33.7 Å². The number of imide groups is 1. The Bertz CT molecular complexity index is 1740. The molecule has 0 saturated carbocycles. The van der Waals surface area contributed by atoms with Crippen LogP contribution in [0.4, 0.5) is 11.4 Å². The smallest absolute Gasteiger partial charge is 0.261 e. The average molecular weight is 563 g/mol. The highest BCUT2D eigenvalue weighted by Gasteiger charge is 2.34. The van der Waals surface area contributed by atoms with Crippen LogP contribution in [-0.4, -0.2) is 63.8 Å². The summed E-state index contributed by atoms with van der Waals surface area (Å²) in [6.45, 7) is 0.958. The van der Waals surface area contributed by atoms with Crippen LogP contribution in [-0.2, 0) is 7.05 Å². The van der Waals surface area contributed by atoms with Gasteiger partial charge in [0.1, 0.15) is 11.5 Å². The first kappa shape index (κ1) is 26.9. The van der Waals surface area contributed by atoms with E-state index < -0.39 is 0 Å². The molecule has 0 spiro atoms. The van der Waals surface area contributed by atoms with Gasteiger partial charge in [0.05, 0.1) is 54.5 Å². The predicted octanol–water partition coefficient (Wildman–Crippen LogP) is 5.26. The summed E-state index contributed by atoms with van der Waals surface area (Å²) in [6, 6.07) is 18.7. The van der Waals surface area contributed by atoms with Crippen molar-refractivity contribution in [2.75, 3.05) is 32.2 Å². The molecule has 10 heteroatoms. The molecule has 10 nitrogen and oxygen atoms in total. The molecule has 0 saturated heterocycles. The summed E-state index contributed by atoms with van der Waals surface area (Å²) in [6.07, 6.45) is 6.78. The minimum absolute atomic E-state index is 0.234. The van der Waals surface area contributed by atoms with Gasteiger partial charge in [0.25, 0.3) is 11.8 Å². The quantitative estimate of drug-likeness (QED) is 0.168. The molecule has 3 aromatic carbocycles. The molecule has 0 atom stereocenters. The number of nitrogens with zero attached hydrogens (tertiary/aromatic N) is 6. The number of ether oxygens (including phenoxy) is 2. The van der Waals surface area contributed by atoms with Gasteiger partial charge in [-0.3, -0.25) is 24.2 Å². The third kappa shape index (κ3) is 5.14. The van der Waals surface area contributed by atoms with Crippen molar-refractivity contribution in [3.05, 3.63) is 90.4 Å². The number of aromatic nitrogens is 4. The highest BCUT2D eigenvalue weighted by molar-refractivity contribution is 6.21. The van der Waals surface area contributed by atoms with Gasteiger partial charge in [-0.05, 0) is 43.2 Å². The summed E-state index contributed by atoms with van der Waals surface area (Å²) in [5.74, 6) is 0.865. The Hall–Kier alpha value is -5.25. The van der Waals surface area contributed by atoms with Crippen LogP contribution in [0.5, 0.6) is 11.5 Å². The van der Waals surface area contributed by atoms with Gasteiger partial charge in [-0.1, -0.05) is 12.1 Å². The Kier molecular flexibility index (Phi) is 7.26. The fraction of sp³-hybridized carbons (Fsp3) is 0.219. The van der Waals surface area contributed by atoms with Crippen molar-refractivity contribution in [3.63, 3.8) is 0 Å². The van der Waals surface area contributed by atoms with Crippen molar-refractivity contribution in [1.82, 2.24) is 24.6 Å². The molecule has 42 heavy (non-hydrogen) atoms. The van der Waals surface area contributed by atoms with Crippen LogP contribution in [0.1, 0.15) is 33.6 Å². The van der Waals surface area contributed by atoms with Crippen LogP contribution in [0.15, 0.2) is 79.3 Å². The van der Waals surface area contributed by atoms with Gasteiger partial charge < -0.3 is 14.4 Å². The van der Waals surface area contributed by atoms with Crippen LogP contribution < -0.4 is 14.4 Å². The highest BCUT2D eigenvalue weighted by atomic mass is 16.5. The van der Waals surface area contributed by atoms with E-state index in [0.29, 0.717) is 48.6 Å². The predicted molar refractivity (Wildman–Crippen MR) is 159 cm³/mol. The Balaban J connectivity index is 1.28. The van der Waals surface area contributed by atoms with Gasteiger partial charge in [-0.15, -0.1) is 0 Å². The Labute approximate surface area is 243 Å². The number of amides is 2. The first-order valence-electron chi connectivity index (χ1n) is 13.7. The molecule has 1 aliphatic heterocycles. The summed E-state index contributed by atoms with van der Waals surface area (Å²) >= 11 is 0. The Morgan fingerprint density at radius 1 is 0.810 bits per heavy atom. The molecular formula is C32H30N6O4. The lowest BCUT2D eigenvalue weighted by atomic mass is 10.1. The van der Waals surface area contributed by atoms with Crippen molar-refractivity contribution >= 4 is 34.2 Å². The molecule has 0 unspecified atom stereocenters. The third-order valence-electron chi connectivity index (χ3n) is 7.38. The number of anilines is 2. The number of hydrogen-bond acceptors (Lipinski definition) is 8. The zero-order chi connectivity index (χ0) is 29.2. The van der Waals surface area contributed by atoms with Crippen LogP contribution in [0.25, 0.3) is 22.3 Å². The Morgan fingerprint density at radius 2 is 1.52 bits per heavy atom. The number of rotatable bonds is 10. The van der Waals surface area contributed by atoms with Crippen molar-refractivity contribution in [3.8, 4) is 22.8 Å². The number of carbonyl (C=O) groups is 2. The first-order valence-corrected chi connectivity index (χ1v) is 13.7. The van der Waals surface area contributed by atoms with Crippen molar-refractivity contribution < 1.29 is 19.1 Å². The molecule has 0 N–H and O–H groups in total. The first-order chi connectivity index (χ1) is 20.4. The van der Waals surface area contributed by atoms with Gasteiger partial charge >= 0.3 is 0 Å². The number of methoxy groups -OCH3 is 2. The molecule has 0 aliphatic carbocycles. The molecule has 2 aromatic heterocycles. The molecule has 0 radical (unpaired) electrons. The number of fused-ring (bicyclic) bond motifs is 2. The van der Waals surface area contributed by atoms with Gasteiger partial charge in [-0.2, -0.15) is 5.10 Å². The standard InChI is InChI=1S/C32H30N6O4/c1-36-20-21(18-34-36)30-19-33-28-11-10-22(16-29(28)35-30)37(23-14-24(41-2)17-25(15-23)42-3)12-6-7-13-38-31(39)26-8-4-5-9-27(26)32(38)40/h4-5,8-11,14-20H,6-7,12-13H2,1-3H3. The third-order valence-corrected chi connectivity index (χ3v) is 7.38. The zero-order valence-electron chi connectivity index (χ0n) is 23.7. The fourth-order valence-electron chi connectivity index (χ4n) is 5.20. The molecule has 0 fully saturated rings. The number of aryl methyl sites for hydroxylation is 1. The lowest BCUT2D eigenvalue weighted by molar-refractivity contribution is 0.0652. The number of hydrogen-bond donors (Lipinski definition) is 0. The zero-order valence-corrected chi connectivity index (χ0v) is 23.7. The summed E-state index contributed by atoms with van der Waals surface area (Å²) in [5, 5.41) is 4.25.